The van der Waals surface area contributed by atoms with Crippen molar-refractivity contribution < 1.29 is 24.2 Å². The predicted molar refractivity (Wildman–Crippen MR) is 75.0 cm³/mol. The van der Waals surface area contributed by atoms with Crippen LogP contribution in [-0.2, 0) is 9.53 Å². The van der Waals surface area contributed by atoms with E-state index in [0.29, 0.717) is 5.69 Å². The Hall–Kier alpha value is -2.61. The minimum atomic E-state index is -1.02. The Morgan fingerprint density at radius 1 is 1.38 bits per heavy atom. The van der Waals surface area contributed by atoms with Crippen LogP contribution in [0, 0.1) is 0 Å². The molecule has 0 aliphatic carbocycles. The van der Waals surface area contributed by atoms with Gasteiger partial charge in [-0.1, -0.05) is 6.07 Å². The van der Waals surface area contributed by atoms with Gasteiger partial charge in [-0.05, 0) is 18.2 Å². The highest BCUT2D eigenvalue weighted by Gasteiger charge is 2.13. The van der Waals surface area contributed by atoms with Crippen LogP contribution in [-0.4, -0.2) is 42.8 Å². The summed E-state index contributed by atoms with van der Waals surface area (Å²) in [6, 6.07) is 5.60. The number of carbonyl (C=O) groups excluding carboxylic acids is 2. The number of amides is 3. The third-order valence-corrected chi connectivity index (χ3v) is 2.63. The SMILES string of the molecule is COC(CNC(=O)Nc1cccc(C(N)=O)c1)CC(=O)O. The van der Waals surface area contributed by atoms with Gasteiger partial charge < -0.3 is 26.2 Å². The van der Waals surface area contributed by atoms with Crippen LogP contribution in [0.4, 0.5) is 10.5 Å². The molecule has 0 bridgehead atoms. The Kier molecular flexibility index (Phi) is 6.15. The van der Waals surface area contributed by atoms with Crippen molar-refractivity contribution in [3.63, 3.8) is 0 Å². The number of carboxylic acid groups (broad SMARTS) is 1. The van der Waals surface area contributed by atoms with Crippen molar-refractivity contribution in [1.82, 2.24) is 5.32 Å². The number of rotatable bonds is 7. The van der Waals surface area contributed by atoms with Gasteiger partial charge in [0.25, 0.3) is 0 Å². The van der Waals surface area contributed by atoms with Crippen LogP contribution < -0.4 is 16.4 Å². The molecule has 0 heterocycles. The van der Waals surface area contributed by atoms with E-state index in [-0.39, 0.29) is 18.5 Å². The zero-order chi connectivity index (χ0) is 15.8. The minimum absolute atomic E-state index is 0.0458. The molecule has 1 atom stereocenters. The molecule has 3 amide bonds. The molecule has 0 aromatic heterocycles. The second-order valence-corrected chi connectivity index (χ2v) is 4.24. The number of hydrogen-bond donors (Lipinski definition) is 4. The molecule has 1 unspecified atom stereocenters. The van der Waals surface area contributed by atoms with Crippen molar-refractivity contribution in [2.24, 2.45) is 5.73 Å². The molecule has 1 aromatic rings. The number of nitrogens with two attached hydrogens (primary N) is 1. The summed E-state index contributed by atoms with van der Waals surface area (Å²) in [5.41, 5.74) is 5.81. The Balaban J connectivity index is 2.51. The van der Waals surface area contributed by atoms with E-state index < -0.39 is 24.0 Å². The van der Waals surface area contributed by atoms with Crippen LogP contribution in [0.1, 0.15) is 16.8 Å². The summed E-state index contributed by atoms with van der Waals surface area (Å²) in [7, 11) is 1.36. The van der Waals surface area contributed by atoms with Gasteiger partial charge in [-0.3, -0.25) is 9.59 Å². The molecular formula is C13H17N3O5. The maximum Gasteiger partial charge on any atom is 0.319 e. The normalized spacial score (nSPS) is 11.5. The van der Waals surface area contributed by atoms with Crippen LogP contribution in [0.25, 0.3) is 0 Å². The number of anilines is 1. The van der Waals surface area contributed by atoms with Crippen LogP contribution in [0.3, 0.4) is 0 Å². The first-order valence-corrected chi connectivity index (χ1v) is 6.11. The van der Waals surface area contributed by atoms with Crippen LogP contribution in [0.5, 0.6) is 0 Å². The lowest BCUT2D eigenvalue weighted by Gasteiger charge is -2.14. The molecule has 8 heteroatoms. The number of urea groups is 1. The topological polar surface area (TPSA) is 131 Å². The number of primary amides is 1. The summed E-state index contributed by atoms with van der Waals surface area (Å²) in [6.45, 7) is 0.0458. The van der Waals surface area contributed by atoms with E-state index in [0.717, 1.165) is 0 Å². The Labute approximate surface area is 121 Å². The fraction of sp³-hybridized carbons (Fsp3) is 0.308. The smallest absolute Gasteiger partial charge is 0.319 e. The third-order valence-electron chi connectivity index (χ3n) is 2.63. The highest BCUT2D eigenvalue weighted by Crippen LogP contribution is 2.09. The molecule has 0 radical (unpaired) electrons. The van der Waals surface area contributed by atoms with E-state index in [9.17, 15) is 14.4 Å². The van der Waals surface area contributed by atoms with Crippen molar-refractivity contribution >= 4 is 23.6 Å². The Morgan fingerprint density at radius 3 is 2.67 bits per heavy atom. The number of aliphatic carboxylic acids is 1. The molecule has 0 saturated carbocycles. The van der Waals surface area contributed by atoms with Gasteiger partial charge >= 0.3 is 12.0 Å². The Bertz CT molecular complexity index is 532. The maximum atomic E-state index is 11.7. The predicted octanol–water partition coefficient (Wildman–Crippen LogP) is 0.397. The average Bonchev–Trinajstić information content (AvgIpc) is 2.43. The maximum absolute atomic E-state index is 11.7. The molecule has 114 valence electrons. The number of carbonyl (C=O) groups is 3. The van der Waals surface area contributed by atoms with Crippen molar-refractivity contribution in [1.29, 1.82) is 0 Å². The molecule has 0 fully saturated rings. The second kappa shape index (κ2) is 7.85. The van der Waals surface area contributed by atoms with E-state index in [1.165, 1.54) is 19.2 Å². The molecule has 5 N–H and O–H groups in total. The van der Waals surface area contributed by atoms with Crippen molar-refractivity contribution in [2.45, 2.75) is 12.5 Å². The molecule has 0 aliphatic heterocycles. The van der Waals surface area contributed by atoms with Gasteiger partial charge in [-0.2, -0.15) is 0 Å². The van der Waals surface area contributed by atoms with Crippen LogP contribution in [0.15, 0.2) is 24.3 Å². The summed E-state index contributed by atoms with van der Waals surface area (Å²) < 4.78 is 4.93. The molecule has 0 aliphatic rings. The molecule has 0 spiro atoms. The van der Waals surface area contributed by atoms with Gasteiger partial charge in [0.2, 0.25) is 5.91 Å². The standard InChI is InChI=1S/C13H17N3O5/c1-21-10(6-11(17)18)7-15-13(20)16-9-4-2-3-8(5-9)12(14)19/h2-5,10H,6-7H2,1H3,(H2,14,19)(H,17,18)(H2,15,16,20). The lowest BCUT2D eigenvalue weighted by Crippen LogP contribution is -2.37. The van der Waals surface area contributed by atoms with E-state index in [1.807, 2.05) is 0 Å². The first-order chi connectivity index (χ1) is 9.92. The van der Waals surface area contributed by atoms with E-state index in [2.05, 4.69) is 10.6 Å². The quantitative estimate of drug-likeness (QED) is 0.578. The van der Waals surface area contributed by atoms with Gasteiger partial charge in [-0.25, -0.2) is 4.79 Å². The molecule has 1 rings (SSSR count). The number of carboxylic acids is 1. The highest BCUT2D eigenvalue weighted by atomic mass is 16.5. The monoisotopic (exact) mass is 295 g/mol. The first kappa shape index (κ1) is 16.4. The number of hydrogen-bond acceptors (Lipinski definition) is 4. The van der Waals surface area contributed by atoms with Gasteiger partial charge in [-0.15, -0.1) is 0 Å². The van der Waals surface area contributed by atoms with Gasteiger partial charge in [0.05, 0.1) is 12.5 Å². The fourth-order valence-corrected chi connectivity index (χ4v) is 1.57. The average molecular weight is 295 g/mol. The van der Waals surface area contributed by atoms with Gasteiger partial charge in [0.1, 0.15) is 0 Å². The first-order valence-electron chi connectivity index (χ1n) is 6.11. The van der Waals surface area contributed by atoms with E-state index in [4.69, 9.17) is 15.6 Å². The highest BCUT2D eigenvalue weighted by molar-refractivity contribution is 5.95. The van der Waals surface area contributed by atoms with Gasteiger partial charge in [0, 0.05) is 24.9 Å². The zero-order valence-corrected chi connectivity index (χ0v) is 11.5. The molecule has 1 aromatic carbocycles. The summed E-state index contributed by atoms with van der Waals surface area (Å²) in [6.07, 6.45) is -0.835. The second-order valence-electron chi connectivity index (χ2n) is 4.24. The molecular weight excluding hydrogens is 278 g/mol. The lowest BCUT2D eigenvalue weighted by molar-refractivity contribution is -0.139. The number of nitrogens with one attached hydrogen (secondary N) is 2. The number of benzene rings is 1. The summed E-state index contributed by atoms with van der Waals surface area (Å²) in [4.78, 5) is 33.2. The van der Waals surface area contributed by atoms with Crippen molar-refractivity contribution in [3.8, 4) is 0 Å². The Morgan fingerprint density at radius 2 is 2.10 bits per heavy atom. The van der Waals surface area contributed by atoms with E-state index in [1.54, 1.807) is 12.1 Å². The molecule has 0 saturated heterocycles. The molecule has 21 heavy (non-hydrogen) atoms. The summed E-state index contributed by atoms with van der Waals surface area (Å²) in [5.74, 6) is -1.61. The van der Waals surface area contributed by atoms with Crippen molar-refractivity contribution in [2.75, 3.05) is 19.0 Å². The van der Waals surface area contributed by atoms with E-state index >= 15 is 0 Å². The minimum Gasteiger partial charge on any atom is -0.481 e. The largest absolute Gasteiger partial charge is 0.481 e. The molecule has 8 nitrogen and oxygen atoms in total. The zero-order valence-electron chi connectivity index (χ0n) is 11.5. The fourth-order valence-electron chi connectivity index (χ4n) is 1.57. The summed E-state index contributed by atoms with van der Waals surface area (Å²) in [5, 5.41) is 13.6. The lowest BCUT2D eigenvalue weighted by atomic mass is 10.2. The van der Waals surface area contributed by atoms with Crippen LogP contribution >= 0.6 is 0 Å². The third kappa shape index (κ3) is 5.91. The number of ether oxygens (including phenoxy) is 1. The van der Waals surface area contributed by atoms with Crippen molar-refractivity contribution in [3.05, 3.63) is 29.8 Å². The number of methoxy groups -OCH3 is 1. The summed E-state index contributed by atoms with van der Waals surface area (Å²) >= 11 is 0. The van der Waals surface area contributed by atoms with Gasteiger partial charge in [0.15, 0.2) is 0 Å². The van der Waals surface area contributed by atoms with Crippen LogP contribution in [0.2, 0.25) is 0 Å².